The van der Waals surface area contributed by atoms with Gasteiger partial charge in [0.25, 0.3) is 0 Å². The first-order valence-corrected chi connectivity index (χ1v) is 7.16. The van der Waals surface area contributed by atoms with E-state index in [1.165, 1.54) is 6.07 Å². The van der Waals surface area contributed by atoms with E-state index in [1.807, 2.05) is 6.92 Å². The van der Waals surface area contributed by atoms with Crippen LogP contribution in [0.1, 0.15) is 18.9 Å². The Labute approximate surface area is 104 Å². The molecule has 0 heterocycles. The van der Waals surface area contributed by atoms with Crippen LogP contribution in [0.5, 0.6) is 5.75 Å². The summed E-state index contributed by atoms with van der Waals surface area (Å²) in [6.45, 7) is 4.19. The lowest BCUT2D eigenvalue weighted by Gasteiger charge is -2.12. The van der Waals surface area contributed by atoms with Crippen LogP contribution in [0, 0.1) is 6.92 Å². The van der Waals surface area contributed by atoms with Crippen molar-refractivity contribution in [3.63, 3.8) is 0 Å². The molecule has 0 aliphatic carbocycles. The molecule has 0 aromatic heterocycles. The van der Waals surface area contributed by atoms with Gasteiger partial charge in [0.1, 0.15) is 10.6 Å². The van der Waals surface area contributed by atoms with Crippen LogP contribution in [0.2, 0.25) is 0 Å². The third-order valence-corrected chi connectivity index (χ3v) is 3.34. The highest BCUT2D eigenvalue weighted by Gasteiger charge is 2.18. The molecule has 1 aromatic carbocycles. The zero-order chi connectivity index (χ0) is 12.3. The summed E-state index contributed by atoms with van der Waals surface area (Å²) in [5.41, 5.74) is 0.742. The van der Waals surface area contributed by atoms with E-state index >= 15 is 0 Å². The van der Waals surface area contributed by atoms with Crippen LogP contribution in [0.4, 0.5) is 0 Å². The smallest absolute Gasteiger partial charge is 0.241 e. The quantitative estimate of drug-likeness (QED) is 0.927. The molecule has 0 amide bonds. The van der Waals surface area contributed by atoms with Crippen LogP contribution >= 0.6 is 15.9 Å². The van der Waals surface area contributed by atoms with Crippen LogP contribution in [0.25, 0.3) is 0 Å². The molecular weight excluding hydrogens is 294 g/mol. The summed E-state index contributed by atoms with van der Waals surface area (Å²) in [7, 11) is -3.76. The van der Waals surface area contributed by atoms with E-state index < -0.39 is 10.0 Å². The third-order valence-electron chi connectivity index (χ3n) is 1.96. The van der Waals surface area contributed by atoms with Gasteiger partial charge >= 0.3 is 0 Å². The van der Waals surface area contributed by atoms with Crippen LogP contribution in [0.15, 0.2) is 21.5 Å². The van der Waals surface area contributed by atoms with Crippen molar-refractivity contribution < 1.29 is 13.2 Å². The SMILES string of the molecule is CCCOc1c(C)cc(Br)cc1S(N)(=O)=O. The van der Waals surface area contributed by atoms with Crippen molar-refractivity contribution in [1.82, 2.24) is 0 Å². The number of halogens is 1. The van der Waals surface area contributed by atoms with Gasteiger partial charge in [-0.25, -0.2) is 13.6 Å². The maximum Gasteiger partial charge on any atom is 0.241 e. The van der Waals surface area contributed by atoms with Crippen molar-refractivity contribution in [2.24, 2.45) is 5.14 Å². The topological polar surface area (TPSA) is 69.4 Å². The maximum absolute atomic E-state index is 11.4. The second kappa shape index (κ2) is 5.16. The largest absolute Gasteiger partial charge is 0.492 e. The fourth-order valence-corrected chi connectivity index (χ4v) is 2.79. The molecule has 0 radical (unpaired) electrons. The zero-order valence-corrected chi connectivity index (χ0v) is 11.6. The van der Waals surface area contributed by atoms with Gasteiger partial charge < -0.3 is 4.74 Å². The molecule has 0 spiro atoms. The van der Waals surface area contributed by atoms with Gasteiger partial charge in [-0.05, 0) is 31.0 Å². The van der Waals surface area contributed by atoms with Crippen molar-refractivity contribution in [3.05, 3.63) is 22.2 Å². The van der Waals surface area contributed by atoms with Gasteiger partial charge in [-0.2, -0.15) is 0 Å². The Morgan fingerprint density at radius 1 is 1.44 bits per heavy atom. The van der Waals surface area contributed by atoms with E-state index in [2.05, 4.69) is 15.9 Å². The molecule has 0 atom stereocenters. The number of sulfonamides is 1. The molecule has 0 saturated heterocycles. The molecule has 2 N–H and O–H groups in total. The van der Waals surface area contributed by atoms with E-state index in [4.69, 9.17) is 9.88 Å². The maximum atomic E-state index is 11.4. The fraction of sp³-hybridized carbons (Fsp3) is 0.400. The monoisotopic (exact) mass is 307 g/mol. The minimum Gasteiger partial charge on any atom is -0.492 e. The van der Waals surface area contributed by atoms with Crippen molar-refractivity contribution >= 4 is 26.0 Å². The van der Waals surface area contributed by atoms with Gasteiger partial charge in [0, 0.05) is 4.47 Å². The normalized spacial score (nSPS) is 11.5. The standard InChI is InChI=1S/C10H14BrNO3S/c1-3-4-15-10-7(2)5-8(11)6-9(10)16(12,13)14/h5-6H,3-4H2,1-2H3,(H2,12,13,14). The minimum absolute atomic E-state index is 0.0211. The summed E-state index contributed by atoms with van der Waals surface area (Å²) in [6.07, 6.45) is 0.805. The average Bonchev–Trinajstić information content (AvgIpc) is 2.14. The fourth-order valence-electron chi connectivity index (χ4n) is 1.30. The zero-order valence-electron chi connectivity index (χ0n) is 9.16. The molecule has 16 heavy (non-hydrogen) atoms. The van der Waals surface area contributed by atoms with E-state index in [0.29, 0.717) is 16.8 Å². The number of aryl methyl sites for hydroxylation is 1. The Morgan fingerprint density at radius 2 is 2.06 bits per heavy atom. The van der Waals surface area contributed by atoms with Gasteiger partial charge in [-0.1, -0.05) is 22.9 Å². The summed E-state index contributed by atoms with van der Waals surface area (Å²) >= 11 is 3.23. The average molecular weight is 308 g/mol. The summed E-state index contributed by atoms with van der Waals surface area (Å²) in [5, 5.41) is 5.14. The third kappa shape index (κ3) is 3.20. The molecule has 6 heteroatoms. The Balaban J connectivity index is 3.33. The number of primary sulfonamides is 1. The number of benzene rings is 1. The molecule has 1 rings (SSSR count). The van der Waals surface area contributed by atoms with Crippen molar-refractivity contribution in [2.45, 2.75) is 25.2 Å². The molecule has 0 saturated carbocycles. The molecule has 4 nitrogen and oxygen atoms in total. The molecule has 0 aliphatic rings. The van der Waals surface area contributed by atoms with Crippen LogP contribution < -0.4 is 9.88 Å². The number of rotatable bonds is 4. The van der Waals surface area contributed by atoms with Crippen LogP contribution in [-0.2, 0) is 10.0 Å². The molecule has 0 aliphatic heterocycles. The van der Waals surface area contributed by atoms with E-state index in [1.54, 1.807) is 13.0 Å². The second-order valence-electron chi connectivity index (χ2n) is 3.44. The lowest BCUT2D eigenvalue weighted by Crippen LogP contribution is -2.15. The number of ether oxygens (including phenoxy) is 1. The van der Waals surface area contributed by atoms with Gasteiger partial charge in [-0.15, -0.1) is 0 Å². The Kier molecular flexibility index (Phi) is 4.35. The molecule has 90 valence electrons. The highest BCUT2D eigenvalue weighted by Crippen LogP contribution is 2.30. The van der Waals surface area contributed by atoms with Gasteiger partial charge in [0.2, 0.25) is 10.0 Å². The van der Waals surface area contributed by atoms with E-state index in [-0.39, 0.29) is 4.90 Å². The Hall–Kier alpha value is -0.590. The second-order valence-corrected chi connectivity index (χ2v) is 5.89. The highest BCUT2D eigenvalue weighted by molar-refractivity contribution is 9.10. The van der Waals surface area contributed by atoms with E-state index in [0.717, 1.165) is 12.0 Å². The molecular formula is C10H14BrNO3S. The summed E-state index contributed by atoms with van der Waals surface area (Å²) in [6, 6.07) is 3.24. The van der Waals surface area contributed by atoms with Gasteiger partial charge in [-0.3, -0.25) is 0 Å². The van der Waals surface area contributed by atoms with Crippen molar-refractivity contribution in [1.29, 1.82) is 0 Å². The van der Waals surface area contributed by atoms with Crippen molar-refractivity contribution in [2.75, 3.05) is 6.61 Å². The number of hydrogen-bond donors (Lipinski definition) is 1. The van der Waals surface area contributed by atoms with Crippen LogP contribution in [-0.4, -0.2) is 15.0 Å². The minimum atomic E-state index is -3.76. The first-order chi connectivity index (χ1) is 7.36. The first kappa shape index (κ1) is 13.5. The number of hydrogen-bond acceptors (Lipinski definition) is 3. The van der Waals surface area contributed by atoms with Gasteiger partial charge in [0.05, 0.1) is 6.61 Å². The molecule has 0 bridgehead atoms. The van der Waals surface area contributed by atoms with Crippen LogP contribution in [0.3, 0.4) is 0 Å². The Bertz CT molecular complexity index is 485. The molecule has 0 fully saturated rings. The van der Waals surface area contributed by atoms with Crippen molar-refractivity contribution in [3.8, 4) is 5.75 Å². The summed E-state index contributed by atoms with van der Waals surface area (Å²) in [5.74, 6) is 0.340. The predicted octanol–water partition coefficient (Wildman–Crippen LogP) is 2.19. The number of nitrogens with two attached hydrogens (primary N) is 1. The molecule has 1 aromatic rings. The highest BCUT2D eigenvalue weighted by atomic mass is 79.9. The predicted molar refractivity (Wildman–Crippen MR) is 66.0 cm³/mol. The first-order valence-electron chi connectivity index (χ1n) is 4.82. The lowest BCUT2D eigenvalue weighted by atomic mass is 10.2. The Morgan fingerprint density at radius 3 is 2.56 bits per heavy atom. The summed E-state index contributed by atoms with van der Waals surface area (Å²) in [4.78, 5) is 0.0211. The van der Waals surface area contributed by atoms with Gasteiger partial charge in [0.15, 0.2) is 0 Å². The lowest BCUT2D eigenvalue weighted by molar-refractivity contribution is 0.307. The molecule has 0 unspecified atom stereocenters. The summed E-state index contributed by atoms with van der Waals surface area (Å²) < 4.78 is 28.9. The van der Waals surface area contributed by atoms with E-state index in [9.17, 15) is 8.42 Å².